The van der Waals surface area contributed by atoms with E-state index in [2.05, 4.69) is 60.2 Å². The third-order valence-corrected chi connectivity index (χ3v) is 6.86. The maximum Gasteiger partial charge on any atom is 0.416 e. The lowest BCUT2D eigenvalue weighted by molar-refractivity contribution is -0.137. The Balaban J connectivity index is 1.46. The van der Waals surface area contributed by atoms with Crippen molar-refractivity contribution in [1.82, 2.24) is 9.88 Å². The lowest BCUT2D eigenvalue weighted by Crippen LogP contribution is -2.11. The second-order valence-corrected chi connectivity index (χ2v) is 9.16. The van der Waals surface area contributed by atoms with Gasteiger partial charge in [0, 0.05) is 36.1 Å². The molecule has 0 saturated carbocycles. The molecule has 2 heterocycles. The van der Waals surface area contributed by atoms with E-state index in [-0.39, 0.29) is 12.0 Å². The number of aromatic nitrogens is 1. The molecular formula is C29H28F3N2. The molecule has 1 saturated heterocycles. The second kappa shape index (κ2) is 9.30. The number of para-hydroxylation sites is 1. The molecule has 1 aromatic heterocycles. The fraction of sp³-hybridized carbons (Fsp3) is 0.310. The van der Waals surface area contributed by atoms with Crippen molar-refractivity contribution in [3.8, 4) is 0 Å². The van der Waals surface area contributed by atoms with E-state index < -0.39 is 11.7 Å². The van der Waals surface area contributed by atoms with Crippen LogP contribution in [0.3, 0.4) is 0 Å². The van der Waals surface area contributed by atoms with E-state index in [1.807, 2.05) is 6.07 Å². The summed E-state index contributed by atoms with van der Waals surface area (Å²) in [6.45, 7) is 3.56. The monoisotopic (exact) mass is 461 g/mol. The molecule has 1 radical (unpaired) electrons. The van der Waals surface area contributed by atoms with Gasteiger partial charge in [-0.05, 0) is 53.3 Å². The van der Waals surface area contributed by atoms with Gasteiger partial charge < -0.3 is 4.57 Å². The average Bonchev–Trinajstić information content (AvgIpc) is 3.45. The van der Waals surface area contributed by atoms with Gasteiger partial charge in [-0.2, -0.15) is 13.2 Å². The highest BCUT2D eigenvalue weighted by Crippen LogP contribution is 2.42. The van der Waals surface area contributed by atoms with Gasteiger partial charge in [0.2, 0.25) is 0 Å². The third-order valence-electron chi connectivity index (χ3n) is 6.86. The summed E-state index contributed by atoms with van der Waals surface area (Å²) >= 11 is 0. The predicted molar refractivity (Wildman–Crippen MR) is 130 cm³/mol. The van der Waals surface area contributed by atoms with Crippen LogP contribution in [-0.4, -0.2) is 11.1 Å². The summed E-state index contributed by atoms with van der Waals surface area (Å²) in [7, 11) is 0. The van der Waals surface area contributed by atoms with Crippen LogP contribution in [0, 0.1) is 0 Å². The lowest BCUT2D eigenvalue weighted by atomic mass is 9.87. The maximum absolute atomic E-state index is 13.0. The van der Waals surface area contributed by atoms with E-state index in [1.165, 1.54) is 22.1 Å². The Hall–Kier alpha value is -3.05. The zero-order chi connectivity index (χ0) is 23.7. The number of alkyl halides is 3. The molecule has 2 unspecified atom stereocenters. The minimum atomic E-state index is -4.32. The van der Waals surface area contributed by atoms with Gasteiger partial charge >= 0.3 is 6.18 Å². The van der Waals surface area contributed by atoms with Crippen LogP contribution in [0.15, 0.2) is 79.0 Å². The van der Waals surface area contributed by atoms with Gasteiger partial charge in [-0.15, -0.1) is 0 Å². The molecule has 0 spiro atoms. The van der Waals surface area contributed by atoms with E-state index in [9.17, 15) is 13.2 Å². The van der Waals surface area contributed by atoms with Crippen LogP contribution in [0.25, 0.3) is 10.9 Å². The van der Waals surface area contributed by atoms with Crippen molar-refractivity contribution in [2.75, 3.05) is 6.54 Å². The van der Waals surface area contributed by atoms with Gasteiger partial charge in [0.05, 0.1) is 11.6 Å². The van der Waals surface area contributed by atoms with Crippen molar-refractivity contribution in [3.63, 3.8) is 0 Å². The first-order valence-electron chi connectivity index (χ1n) is 11.9. The number of rotatable bonds is 6. The normalized spacial score (nSPS) is 18.6. The van der Waals surface area contributed by atoms with Gasteiger partial charge in [-0.25, -0.2) is 5.32 Å². The summed E-state index contributed by atoms with van der Waals surface area (Å²) in [6, 6.07) is 22.8. The molecular weight excluding hydrogens is 433 g/mol. The highest BCUT2D eigenvalue weighted by molar-refractivity contribution is 5.85. The van der Waals surface area contributed by atoms with Crippen molar-refractivity contribution in [1.29, 1.82) is 0 Å². The summed E-state index contributed by atoms with van der Waals surface area (Å²) in [6.07, 6.45) is 1.08. The van der Waals surface area contributed by atoms with Crippen LogP contribution in [0.2, 0.25) is 0 Å². The summed E-state index contributed by atoms with van der Waals surface area (Å²) in [5.74, 6) is 0.288. The molecule has 4 aromatic rings. The van der Waals surface area contributed by atoms with Crippen LogP contribution in [0.4, 0.5) is 13.2 Å². The standard InChI is InChI=1S/C29H28F3N2/c1-2-5-20-8-12-22(13-9-20)28-25(16-17-33-28)26-19-34(27-7-4-3-6-24(26)27)18-21-10-14-23(15-11-21)29(30,31)32/h3-4,6-15,19,25,28H,2,5,16-18H2,1H3. The van der Waals surface area contributed by atoms with Crippen molar-refractivity contribution in [2.24, 2.45) is 0 Å². The number of hydrogen-bond acceptors (Lipinski definition) is 0. The lowest BCUT2D eigenvalue weighted by Gasteiger charge is -2.19. The number of aryl methyl sites for hydroxylation is 1. The van der Waals surface area contributed by atoms with E-state index in [0.29, 0.717) is 6.54 Å². The Morgan fingerprint density at radius 2 is 1.62 bits per heavy atom. The van der Waals surface area contributed by atoms with Gasteiger partial charge in [0.25, 0.3) is 0 Å². The van der Waals surface area contributed by atoms with E-state index in [1.54, 1.807) is 12.1 Å². The molecule has 5 heteroatoms. The second-order valence-electron chi connectivity index (χ2n) is 9.16. The predicted octanol–water partition coefficient (Wildman–Crippen LogP) is 7.49. The van der Waals surface area contributed by atoms with Crippen molar-refractivity contribution in [3.05, 3.63) is 107 Å². The molecule has 0 N–H and O–H groups in total. The van der Waals surface area contributed by atoms with Crippen LogP contribution < -0.4 is 5.32 Å². The number of nitrogens with zero attached hydrogens (tertiary/aromatic N) is 2. The van der Waals surface area contributed by atoms with Gasteiger partial charge in [-0.3, -0.25) is 0 Å². The van der Waals surface area contributed by atoms with E-state index in [4.69, 9.17) is 5.32 Å². The molecule has 0 amide bonds. The Morgan fingerprint density at radius 3 is 2.32 bits per heavy atom. The van der Waals surface area contributed by atoms with Crippen LogP contribution >= 0.6 is 0 Å². The first-order chi connectivity index (χ1) is 16.4. The Kier molecular flexibility index (Phi) is 6.22. The summed E-state index contributed by atoms with van der Waals surface area (Å²) in [5.41, 5.74) is 5.21. The van der Waals surface area contributed by atoms with Gasteiger partial charge in [0.1, 0.15) is 0 Å². The van der Waals surface area contributed by atoms with E-state index >= 15 is 0 Å². The number of hydrogen-bond donors (Lipinski definition) is 0. The van der Waals surface area contributed by atoms with Crippen molar-refractivity contribution in [2.45, 2.75) is 50.9 Å². The topological polar surface area (TPSA) is 19.0 Å². The number of benzene rings is 3. The average molecular weight is 462 g/mol. The Labute approximate surface area is 198 Å². The van der Waals surface area contributed by atoms with Gasteiger partial charge in [0.15, 0.2) is 0 Å². The molecule has 0 bridgehead atoms. The molecule has 1 aliphatic heterocycles. The van der Waals surface area contributed by atoms with Gasteiger partial charge in [-0.1, -0.05) is 67.9 Å². The van der Waals surface area contributed by atoms with Crippen LogP contribution in [0.1, 0.15) is 59.5 Å². The number of fused-ring (bicyclic) bond motifs is 1. The Morgan fingerprint density at radius 1 is 0.912 bits per heavy atom. The van der Waals surface area contributed by atoms with Crippen LogP contribution in [0.5, 0.6) is 0 Å². The first-order valence-corrected chi connectivity index (χ1v) is 11.9. The molecule has 5 rings (SSSR count). The zero-order valence-electron chi connectivity index (χ0n) is 19.2. The van der Waals surface area contributed by atoms with E-state index in [0.717, 1.165) is 49.0 Å². The maximum atomic E-state index is 13.0. The molecule has 0 aliphatic carbocycles. The minimum absolute atomic E-state index is 0.126. The summed E-state index contributed by atoms with van der Waals surface area (Å²) in [4.78, 5) is 0. The molecule has 3 aromatic carbocycles. The largest absolute Gasteiger partial charge is 0.416 e. The van der Waals surface area contributed by atoms with Crippen molar-refractivity contribution < 1.29 is 13.2 Å². The molecule has 34 heavy (non-hydrogen) atoms. The smallest absolute Gasteiger partial charge is 0.343 e. The molecule has 2 atom stereocenters. The minimum Gasteiger partial charge on any atom is -0.343 e. The highest BCUT2D eigenvalue weighted by atomic mass is 19.4. The Bertz CT molecular complexity index is 1250. The van der Waals surface area contributed by atoms with Crippen LogP contribution in [-0.2, 0) is 19.1 Å². The highest BCUT2D eigenvalue weighted by Gasteiger charge is 2.33. The molecule has 2 nitrogen and oxygen atoms in total. The quantitative estimate of drug-likeness (QED) is 0.283. The number of halogens is 3. The molecule has 1 fully saturated rings. The fourth-order valence-electron chi connectivity index (χ4n) is 5.17. The zero-order valence-corrected chi connectivity index (χ0v) is 19.2. The molecule has 1 aliphatic rings. The molecule has 175 valence electrons. The fourth-order valence-corrected chi connectivity index (χ4v) is 5.17. The summed E-state index contributed by atoms with van der Waals surface area (Å²) < 4.78 is 41.0. The van der Waals surface area contributed by atoms with Crippen molar-refractivity contribution >= 4 is 10.9 Å². The summed E-state index contributed by atoms with van der Waals surface area (Å²) in [5, 5.41) is 6.15. The first kappa shape index (κ1) is 22.7. The SMILES string of the molecule is CCCc1ccc(C2[N]CCC2c2cn(Cc3ccc(C(F)(F)F)cc3)c3ccccc23)cc1. The third kappa shape index (κ3) is 4.49.